The van der Waals surface area contributed by atoms with Crippen LogP contribution in [0, 0.1) is 0 Å². The Kier molecular flexibility index (Phi) is 7.71. The molecule has 0 atom stereocenters. The van der Waals surface area contributed by atoms with E-state index in [1.165, 1.54) is 19.3 Å². The SMILES string of the molecule is COc1ccc(-c2ccc3cc(OC)ccc3c2C(=O)c2ccc(OCCN3CCCCC3)cc2)cc1. The fourth-order valence-corrected chi connectivity index (χ4v) is 5.01. The third kappa shape index (κ3) is 5.62. The molecule has 0 amide bonds. The van der Waals surface area contributed by atoms with Crippen molar-refractivity contribution < 1.29 is 19.0 Å². The van der Waals surface area contributed by atoms with Gasteiger partial charge in [0, 0.05) is 17.7 Å². The number of ether oxygens (including phenoxy) is 3. The van der Waals surface area contributed by atoms with Gasteiger partial charge in [-0.05, 0) is 102 Å². The van der Waals surface area contributed by atoms with Crippen LogP contribution in [-0.4, -0.2) is 51.1 Å². The Hall–Kier alpha value is -3.83. The van der Waals surface area contributed by atoms with Crippen LogP contribution in [0.1, 0.15) is 35.2 Å². The molecule has 37 heavy (non-hydrogen) atoms. The first-order valence-corrected chi connectivity index (χ1v) is 12.9. The van der Waals surface area contributed by atoms with E-state index in [9.17, 15) is 4.79 Å². The highest BCUT2D eigenvalue weighted by atomic mass is 16.5. The minimum atomic E-state index is -0.0264. The molecule has 0 unspecified atom stereocenters. The van der Waals surface area contributed by atoms with Gasteiger partial charge in [0.25, 0.3) is 0 Å². The molecule has 4 aromatic carbocycles. The molecule has 1 aliphatic heterocycles. The minimum Gasteiger partial charge on any atom is -0.497 e. The number of fused-ring (bicyclic) bond motifs is 1. The van der Waals surface area contributed by atoms with Crippen molar-refractivity contribution in [3.05, 3.63) is 90.0 Å². The van der Waals surface area contributed by atoms with Crippen molar-refractivity contribution in [3.63, 3.8) is 0 Å². The van der Waals surface area contributed by atoms with Crippen LogP contribution in [0.2, 0.25) is 0 Å². The Morgan fingerprint density at radius 3 is 2.14 bits per heavy atom. The molecule has 0 aromatic heterocycles. The van der Waals surface area contributed by atoms with E-state index < -0.39 is 0 Å². The molecule has 5 nitrogen and oxygen atoms in total. The van der Waals surface area contributed by atoms with Crippen LogP contribution < -0.4 is 14.2 Å². The van der Waals surface area contributed by atoms with Gasteiger partial charge in [-0.3, -0.25) is 9.69 Å². The van der Waals surface area contributed by atoms with Gasteiger partial charge in [-0.1, -0.05) is 30.7 Å². The van der Waals surface area contributed by atoms with Crippen LogP contribution in [0.25, 0.3) is 21.9 Å². The van der Waals surface area contributed by atoms with E-state index in [0.717, 1.165) is 58.8 Å². The molecule has 5 rings (SSSR count). The van der Waals surface area contributed by atoms with Crippen molar-refractivity contribution >= 4 is 16.6 Å². The summed E-state index contributed by atoms with van der Waals surface area (Å²) in [6, 6.07) is 25.2. The van der Waals surface area contributed by atoms with E-state index in [4.69, 9.17) is 14.2 Å². The maximum Gasteiger partial charge on any atom is 0.194 e. The lowest BCUT2D eigenvalue weighted by Crippen LogP contribution is -2.33. The third-order valence-electron chi connectivity index (χ3n) is 7.10. The maximum atomic E-state index is 14.0. The summed E-state index contributed by atoms with van der Waals surface area (Å²) in [5, 5.41) is 1.85. The normalized spacial score (nSPS) is 13.9. The molecule has 0 spiro atoms. The Bertz CT molecular complexity index is 1360. The van der Waals surface area contributed by atoms with Gasteiger partial charge in [0.1, 0.15) is 23.9 Å². The number of piperidine rings is 1. The Morgan fingerprint density at radius 2 is 1.43 bits per heavy atom. The van der Waals surface area contributed by atoms with Crippen LogP contribution in [0.15, 0.2) is 78.9 Å². The topological polar surface area (TPSA) is 48.0 Å². The van der Waals surface area contributed by atoms with Gasteiger partial charge in [-0.2, -0.15) is 0 Å². The Morgan fingerprint density at radius 1 is 0.757 bits per heavy atom. The summed E-state index contributed by atoms with van der Waals surface area (Å²) in [4.78, 5) is 16.4. The molecular formula is C32H33NO4. The number of benzene rings is 4. The first kappa shape index (κ1) is 24.8. The van der Waals surface area contributed by atoms with E-state index in [-0.39, 0.29) is 5.78 Å². The molecule has 1 fully saturated rings. The number of hydrogen-bond acceptors (Lipinski definition) is 5. The van der Waals surface area contributed by atoms with E-state index in [1.807, 2.05) is 78.9 Å². The summed E-state index contributed by atoms with van der Waals surface area (Å²) >= 11 is 0. The number of nitrogens with zero attached hydrogens (tertiary/aromatic N) is 1. The largest absolute Gasteiger partial charge is 0.497 e. The molecule has 1 heterocycles. The fourth-order valence-electron chi connectivity index (χ4n) is 5.01. The van der Waals surface area contributed by atoms with Gasteiger partial charge >= 0.3 is 0 Å². The molecule has 0 bridgehead atoms. The molecule has 5 heteroatoms. The molecule has 0 radical (unpaired) electrons. The van der Waals surface area contributed by atoms with Crippen LogP contribution in [-0.2, 0) is 0 Å². The van der Waals surface area contributed by atoms with E-state index >= 15 is 0 Å². The summed E-state index contributed by atoms with van der Waals surface area (Å²) in [7, 11) is 3.30. The maximum absolute atomic E-state index is 14.0. The van der Waals surface area contributed by atoms with Crippen LogP contribution in [0.3, 0.4) is 0 Å². The number of ketones is 1. The highest BCUT2D eigenvalue weighted by Crippen LogP contribution is 2.35. The van der Waals surface area contributed by atoms with Crippen molar-refractivity contribution in [1.29, 1.82) is 0 Å². The molecule has 0 N–H and O–H groups in total. The minimum absolute atomic E-state index is 0.0264. The summed E-state index contributed by atoms with van der Waals surface area (Å²) < 4.78 is 16.7. The Labute approximate surface area is 218 Å². The van der Waals surface area contributed by atoms with Crippen LogP contribution in [0.4, 0.5) is 0 Å². The number of carbonyl (C=O) groups is 1. The van der Waals surface area contributed by atoms with Crippen molar-refractivity contribution in [3.8, 4) is 28.4 Å². The van der Waals surface area contributed by atoms with E-state index in [2.05, 4.69) is 4.90 Å². The summed E-state index contributed by atoms with van der Waals surface area (Å²) in [6.07, 6.45) is 3.88. The quantitative estimate of drug-likeness (QED) is 0.244. The van der Waals surface area contributed by atoms with E-state index in [1.54, 1.807) is 14.2 Å². The first-order chi connectivity index (χ1) is 18.2. The number of hydrogen-bond donors (Lipinski definition) is 0. The van der Waals surface area contributed by atoms with E-state index in [0.29, 0.717) is 17.7 Å². The van der Waals surface area contributed by atoms with Crippen LogP contribution >= 0.6 is 0 Å². The highest BCUT2D eigenvalue weighted by molar-refractivity contribution is 6.20. The van der Waals surface area contributed by atoms with Gasteiger partial charge in [0.2, 0.25) is 0 Å². The average Bonchev–Trinajstić information content (AvgIpc) is 2.97. The highest BCUT2D eigenvalue weighted by Gasteiger charge is 2.19. The predicted molar refractivity (Wildman–Crippen MR) is 148 cm³/mol. The van der Waals surface area contributed by atoms with Crippen molar-refractivity contribution in [2.45, 2.75) is 19.3 Å². The number of likely N-dealkylation sites (tertiary alicyclic amines) is 1. The second-order valence-electron chi connectivity index (χ2n) is 9.41. The molecule has 1 saturated heterocycles. The molecule has 0 aliphatic carbocycles. The lowest BCUT2D eigenvalue weighted by atomic mass is 9.89. The zero-order valence-electron chi connectivity index (χ0n) is 21.5. The predicted octanol–water partition coefficient (Wildman–Crippen LogP) is 6.62. The smallest absolute Gasteiger partial charge is 0.194 e. The van der Waals surface area contributed by atoms with Gasteiger partial charge in [-0.25, -0.2) is 0 Å². The lowest BCUT2D eigenvalue weighted by Gasteiger charge is -2.26. The second-order valence-corrected chi connectivity index (χ2v) is 9.41. The summed E-state index contributed by atoms with van der Waals surface area (Å²) in [5.41, 5.74) is 3.14. The number of rotatable bonds is 9. The van der Waals surface area contributed by atoms with Crippen molar-refractivity contribution in [1.82, 2.24) is 4.90 Å². The molecule has 4 aromatic rings. The second kappa shape index (κ2) is 11.5. The lowest BCUT2D eigenvalue weighted by molar-refractivity contribution is 0.104. The summed E-state index contributed by atoms with van der Waals surface area (Å²) in [5.74, 6) is 2.29. The standard InChI is InChI=1S/C32H33NO4/c1-35-26-11-6-23(7-12-26)29-16-10-25-22-28(36-2)15-17-30(25)31(29)32(34)24-8-13-27(14-9-24)37-21-20-33-18-4-3-5-19-33/h6-17,22H,3-5,18-21H2,1-2H3. The zero-order valence-corrected chi connectivity index (χ0v) is 21.5. The average molecular weight is 496 g/mol. The van der Waals surface area contributed by atoms with Crippen LogP contribution in [0.5, 0.6) is 17.2 Å². The molecular weight excluding hydrogens is 462 g/mol. The first-order valence-electron chi connectivity index (χ1n) is 12.9. The fraction of sp³-hybridized carbons (Fsp3) is 0.281. The van der Waals surface area contributed by atoms with Gasteiger partial charge in [-0.15, -0.1) is 0 Å². The summed E-state index contributed by atoms with van der Waals surface area (Å²) in [6.45, 7) is 3.90. The molecule has 190 valence electrons. The molecule has 0 saturated carbocycles. The third-order valence-corrected chi connectivity index (χ3v) is 7.10. The number of carbonyl (C=O) groups excluding carboxylic acids is 1. The van der Waals surface area contributed by atoms with Crippen molar-refractivity contribution in [2.75, 3.05) is 40.5 Å². The van der Waals surface area contributed by atoms with Crippen molar-refractivity contribution in [2.24, 2.45) is 0 Å². The zero-order chi connectivity index (χ0) is 25.6. The van der Waals surface area contributed by atoms with Gasteiger partial charge in [0.15, 0.2) is 5.78 Å². The van der Waals surface area contributed by atoms with Gasteiger partial charge in [0.05, 0.1) is 14.2 Å². The number of methoxy groups -OCH3 is 2. The monoisotopic (exact) mass is 495 g/mol. The molecule has 1 aliphatic rings. The Balaban J connectivity index is 1.43. The van der Waals surface area contributed by atoms with Gasteiger partial charge < -0.3 is 14.2 Å².